The number of hydrogen-bond acceptors (Lipinski definition) is 3. The lowest BCUT2D eigenvalue weighted by Gasteiger charge is -2.25. The van der Waals surface area contributed by atoms with Crippen LogP contribution in [-0.4, -0.2) is 25.0 Å². The average Bonchev–Trinajstić information content (AvgIpc) is 3.16. The van der Waals surface area contributed by atoms with Crippen molar-refractivity contribution in [3.8, 4) is 0 Å². The molecule has 2 heterocycles. The number of anilines is 2. The Labute approximate surface area is 142 Å². The van der Waals surface area contributed by atoms with Crippen LogP contribution in [0, 0.1) is 0 Å². The van der Waals surface area contributed by atoms with Crippen molar-refractivity contribution in [2.24, 2.45) is 0 Å². The lowest BCUT2D eigenvalue weighted by Crippen LogP contribution is -2.44. The Bertz CT molecular complexity index is 737. The van der Waals surface area contributed by atoms with Crippen molar-refractivity contribution < 1.29 is 4.79 Å². The third-order valence-corrected chi connectivity index (χ3v) is 4.98. The highest BCUT2D eigenvalue weighted by Gasteiger charge is 2.24. The summed E-state index contributed by atoms with van der Waals surface area (Å²) >= 11 is 0. The topological polar surface area (TPSA) is 44.4 Å². The van der Waals surface area contributed by atoms with Gasteiger partial charge in [0.05, 0.1) is 6.04 Å². The maximum absolute atomic E-state index is 12.6. The van der Waals surface area contributed by atoms with Crippen molar-refractivity contribution in [2.45, 2.75) is 31.8 Å². The van der Waals surface area contributed by atoms with E-state index in [2.05, 4.69) is 39.8 Å². The smallest absolute Gasteiger partial charge is 0.241 e. The molecular formula is C20H23N3O. The number of nitrogens with one attached hydrogen (secondary N) is 2. The lowest BCUT2D eigenvalue weighted by molar-refractivity contribution is -0.118. The Morgan fingerprint density at radius 2 is 1.83 bits per heavy atom. The van der Waals surface area contributed by atoms with Crippen LogP contribution in [0.2, 0.25) is 0 Å². The highest BCUT2D eigenvalue weighted by Crippen LogP contribution is 2.24. The van der Waals surface area contributed by atoms with E-state index in [1.165, 1.54) is 29.7 Å². The van der Waals surface area contributed by atoms with Gasteiger partial charge in [0, 0.05) is 31.0 Å². The predicted molar refractivity (Wildman–Crippen MR) is 97.3 cm³/mol. The highest BCUT2D eigenvalue weighted by molar-refractivity contribution is 5.95. The van der Waals surface area contributed by atoms with E-state index >= 15 is 0 Å². The molecule has 2 aliphatic heterocycles. The van der Waals surface area contributed by atoms with E-state index in [1.807, 2.05) is 24.3 Å². The van der Waals surface area contributed by atoms with Crippen molar-refractivity contribution in [1.82, 2.24) is 5.32 Å². The first kappa shape index (κ1) is 15.2. The zero-order valence-electron chi connectivity index (χ0n) is 13.8. The minimum Gasteiger partial charge on any atom is -0.371 e. The molecule has 2 N–H and O–H groups in total. The number of nitrogens with zero attached hydrogens (tertiary/aromatic N) is 1. The molecule has 4 rings (SSSR count). The number of carbonyl (C=O) groups excluding carboxylic acids is 1. The fourth-order valence-corrected chi connectivity index (χ4v) is 3.62. The van der Waals surface area contributed by atoms with Crippen LogP contribution in [-0.2, 0) is 17.8 Å². The second-order valence-corrected chi connectivity index (χ2v) is 6.64. The van der Waals surface area contributed by atoms with Gasteiger partial charge in [-0.1, -0.05) is 30.3 Å². The van der Waals surface area contributed by atoms with E-state index in [0.717, 1.165) is 31.7 Å². The summed E-state index contributed by atoms with van der Waals surface area (Å²) in [6.45, 7) is 2.97. The second-order valence-electron chi connectivity index (χ2n) is 6.64. The molecule has 4 nitrogen and oxygen atoms in total. The first-order chi connectivity index (χ1) is 11.8. The molecule has 1 saturated heterocycles. The minimum atomic E-state index is -0.171. The van der Waals surface area contributed by atoms with Gasteiger partial charge in [0.25, 0.3) is 0 Å². The van der Waals surface area contributed by atoms with Crippen LogP contribution < -0.4 is 15.5 Å². The van der Waals surface area contributed by atoms with E-state index in [1.54, 1.807) is 0 Å². The van der Waals surface area contributed by atoms with E-state index in [-0.39, 0.29) is 11.9 Å². The SMILES string of the molecule is O=C(Nc1cccc(N2CCCC2)c1)C1Cc2ccccc2CN1. The third-order valence-electron chi connectivity index (χ3n) is 4.98. The van der Waals surface area contributed by atoms with Crippen molar-refractivity contribution in [2.75, 3.05) is 23.3 Å². The van der Waals surface area contributed by atoms with Crippen LogP contribution >= 0.6 is 0 Å². The van der Waals surface area contributed by atoms with Crippen molar-refractivity contribution in [1.29, 1.82) is 0 Å². The molecule has 2 aromatic rings. The van der Waals surface area contributed by atoms with Crippen LogP contribution in [0.15, 0.2) is 48.5 Å². The van der Waals surface area contributed by atoms with Crippen LogP contribution in [0.4, 0.5) is 11.4 Å². The zero-order chi connectivity index (χ0) is 16.4. The quantitative estimate of drug-likeness (QED) is 0.913. The zero-order valence-corrected chi connectivity index (χ0v) is 13.8. The number of fused-ring (bicyclic) bond motifs is 1. The molecule has 2 aromatic carbocycles. The summed E-state index contributed by atoms with van der Waals surface area (Å²) in [4.78, 5) is 15.0. The molecular weight excluding hydrogens is 298 g/mol. The van der Waals surface area contributed by atoms with Crippen LogP contribution in [0.1, 0.15) is 24.0 Å². The van der Waals surface area contributed by atoms with Gasteiger partial charge < -0.3 is 15.5 Å². The maximum atomic E-state index is 12.6. The van der Waals surface area contributed by atoms with Gasteiger partial charge in [0.2, 0.25) is 5.91 Å². The van der Waals surface area contributed by atoms with E-state index in [9.17, 15) is 4.79 Å². The summed E-state index contributed by atoms with van der Waals surface area (Å²) in [6, 6.07) is 16.3. The normalized spacial score (nSPS) is 19.8. The maximum Gasteiger partial charge on any atom is 0.241 e. The number of rotatable bonds is 3. The summed E-state index contributed by atoms with van der Waals surface area (Å²) in [5.41, 5.74) is 4.64. The molecule has 0 spiro atoms. The van der Waals surface area contributed by atoms with Gasteiger partial charge in [-0.15, -0.1) is 0 Å². The van der Waals surface area contributed by atoms with Gasteiger partial charge in [-0.2, -0.15) is 0 Å². The molecule has 4 heteroatoms. The number of carbonyl (C=O) groups is 1. The van der Waals surface area contributed by atoms with E-state index in [4.69, 9.17) is 0 Å². The first-order valence-electron chi connectivity index (χ1n) is 8.76. The van der Waals surface area contributed by atoms with Crippen molar-refractivity contribution in [3.63, 3.8) is 0 Å². The Morgan fingerprint density at radius 1 is 1.04 bits per heavy atom. The molecule has 1 unspecified atom stereocenters. The highest BCUT2D eigenvalue weighted by atomic mass is 16.2. The summed E-state index contributed by atoms with van der Waals surface area (Å²) in [7, 11) is 0. The summed E-state index contributed by atoms with van der Waals surface area (Å²) in [5.74, 6) is 0.0445. The van der Waals surface area contributed by atoms with Gasteiger partial charge in [-0.05, 0) is 48.6 Å². The molecule has 24 heavy (non-hydrogen) atoms. The molecule has 1 fully saturated rings. The van der Waals surface area contributed by atoms with Gasteiger partial charge >= 0.3 is 0 Å². The predicted octanol–water partition coefficient (Wildman–Crippen LogP) is 2.94. The number of amides is 1. The Hall–Kier alpha value is -2.33. The summed E-state index contributed by atoms with van der Waals surface area (Å²) in [5, 5.41) is 6.42. The average molecular weight is 321 g/mol. The van der Waals surface area contributed by atoms with E-state index < -0.39 is 0 Å². The molecule has 1 amide bonds. The standard InChI is InChI=1S/C20H23N3O/c24-20(19-12-15-6-1-2-7-16(15)14-21-19)22-17-8-5-9-18(13-17)23-10-3-4-11-23/h1-2,5-9,13,19,21H,3-4,10-12,14H2,(H,22,24). The molecule has 1 atom stereocenters. The Balaban J connectivity index is 1.44. The van der Waals surface area contributed by atoms with Crippen molar-refractivity contribution >= 4 is 17.3 Å². The summed E-state index contributed by atoms with van der Waals surface area (Å²) in [6.07, 6.45) is 3.25. The molecule has 0 saturated carbocycles. The van der Waals surface area contributed by atoms with Gasteiger partial charge in [-0.3, -0.25) is 4.79 Å². The van der Waals surface area contributed by atoms with Gasteiger partial charge in [0.1, 0.15) is 0 Å². The number of benzene rings is 2. The first-order valence-corrected chi connectivity index (χ1v) is 8.76. The monoisotopic (exact) mass is 321 g/mol. The second kappa shape index (κ2) is 6.65. The fourth-order valence-electron chi connectivity index (χ4n) is 3.62. The fraction of sp³-hybridized carbons (Fsp3) is 0.350. The van der Waals surface area contributed by atoms with Crippen LogP contribution in [0.5, 0.6) is 0 Å². The van der Waals surface area contributed by atoms with Crippen molar-refractivity contribution in [3.05, 3.63) is 59.7 Å². The van der Waals surface area contributed by atoms with E-state index in [0.29, 0.717) is 0 Å². The minimum absolute atomic E-state index is 0.0445. The lowest BCUT2D eigenvalue weighted by atomic mass is 9.95. The Morgan fingerprint density at radius 3 is 2.67 bits per heavy atom. The third kappa shape index (κ3) is 3.15. The molecule has 124 valence electrons. The van der Waals surface area contributed by atoms with Crippen LogP contribution in [0.3, 0.4) is 0 Å². The van der Waals surface area contributed by atoms with Gasteiger partial charge in [-0.25, -0.2) is 0 Å². The van der Waals surface area contributed by atoms with Gasteiger partial charge in [0.15, 0.2) is 0 Å². The van der Waals surface area contributed by atoms with Crippen LogP contribution in [0.25, 0.3) is 0 Å². The number of hydrogen-bond donors (Lipinski definition) is 2. The Kier molecular flexibility index (Phi) is 4.22. The molecule has 0 aromatic heterocycles. The molecule has 0 aliphatic carbocycles. The molecule has 0 bridgehead atoms. The molecule has 0 radical (unpaired) electrons. The summed E-state index contributed by atoms with van der Waals surface area (Å²) < 4.78 is 0. The largest absolute Gasteiger partial charge is 0.371 e. The molecule has 2 aliphatic rings.